The molecule has 0 saturated carbocycles. The SMILES string of the molecule is Cc1ccc(N(c2ccc(C)cc2)c2ccc(CCc3ccc(NC(=O)c4cc5c(cc4O)[nH]c4ccccc45)cc3)cc2)cc1. The highest BCUT2D eigenvalue weighted by Gasteiger charge is 2.16. The molecule has 0 saturated heterocycles. The van der Waals surface area contributed by atoms with Gasteiger partial charge in [-0.2, -0.15) is 0 Å². The third-order valence-corrected chi connectivity index (χ3v) is 8.56. The normalized spacial score (nSPS) is 11.2. The molecule has 0 unspecified atom stereocenters. The number of carbonyl (C=O) groups is 1. The Hall–Kier alpha value is -5.81. The average molecular weight is 602 g/mol. The molecule has 226 valence electrons. The molecule has 1 amide bonds. The number of H-pyrrole nitrogens is 1. The first-order chi connectivity index (χ1) is 22.4. The van der Waals surface area contributed by atoms with E-state index in [-0.39, 0.29) is 17.2 Å². The Kier molecular flexibility index (Phi) is 7.73. The quantitative estimate of drug-likeness (QED) is 0.162. The van der Waals surface area contributed by atoms with Gasteiger partial charge in [0.1, 0.15) is 5.75 Å². The number of aryl methyl sites for hydroxylation is 4. The number of fused-ring (bicyclic) bond motifs is 3. The molecule has 0 spiro atoms. The van der Waals surface area contributed by atoms with Crippen LogP contribution in [-0.2, 0) is 12.8 Å². The summed E-state index contributed by atoms with van der Waals surface area (Å²) in [5.41, 5.74) is 11.0. The van der Waals surface area contributed by atoms with Crippen molar-refractivity contribution >= 4 is 50.5 Å². The third kappa shape index (κ3) is 5.95. The van der Waals surface area contributed by atoms with E-state index in [1.54, 1.807) is 12.1 Å². The lowest BCUT2D eigenvalue weighted by molar-refractivity contribution is 0.102. The van der Waals surface area contributed by atoms with E-state index in [0.717, 1.165) is 51.7 Å². The van der Waals surface area contributed by atoms with Gasteiger partial charge in [-0.25, -0.2) is 0 Å². The number of nitrogens with one attached hydrogen (secondary N) is 2. The number of rotatable bonds is 8. The first-order valence-electron chi connectivity index (χ1n) is 15.6. The van der Waals surface area contributed by atoms with E-state index in [9.17, 15) is 9.90 Å². The summed E-state index contributed by atoms with van der Waals surface area (Å²) >= 11 is 0. The highest BCUT2D eigenvalue weighted by atomic mass is 16.3. The van der Waals surface area contributed by atoms with Crippen LogP contribution in [0.4, 0.5) is 22.7 Å². The van der Waals surface area contributed by atoms with Crippen molar-refractivity contribution in [2.75, 3.05) is 10.2 Å². The maximum atomic E-state index is 13.1. The molecule has 0 atom stereocenters. The van der Waals surface area contributed by atoms with Crippen LogP contribution in [-0.4, -0.2) is 16.0 Å². The Morgan fingerprint density at radius 1 is 0.630 bits per heavy atom. The Morgan fingerprint density at radius 3 is 1.74 bits per heavy atom. The minimum absolute atomic E-state index is 0.0555. The van der Waals surface area contributed by atoms with Crippen molar-refractivity contribution in [2.45, 2.75) is 26.7 Å². The number of aromatic hydroxyl groups is 1. The Labute approximate surface area is 268 Å². The van der Waals surface area contributed by atoms with Crippen molar-refractivity contribution in [1.82, 2.24) is 4.98 Å². The zero-order valence-electron chi connectivity index (χ0n) is 25.9. The van der Waals surface area contributed by atoms with Crippen molar-refractivity contribution in [1.29, 1.82) is 0 Å². The summed E-state index contributed by atoms with van der Waals surface area (Å²) in [6.07, 6.45) is 1.78. The van der Waals surface area contributed by atoms with Gasteiger partial charge in [0.25, 0.3) is 5.91 Å². The number of aromatic nitrogens is 1. The molecule has 0 radical (unpaired) electrons. The molecule has 5 nitrogen and oxygen atoms in total. The molecule has 0 aliphatic rings. The van der Waals surface area contributed by atoms with Gasteiger partial charge in [0.2, 0.25) is 0 Å². The lowest BCUT2D eigenvalue weighted by Gasteiger charge is -2.26. The van der Waals surface area contributed by atoms with Gasteiger partial charge in [-0.15, -0.1) is 0 Å². The fourth-order valence-corrected chi connectivity index (χ4v) is 5.96. The molecule has 0 aliphatic heterocycles. The minimum Gasteiger partial charge on any atom is -0.507 e. The Morgan fingerprint density at radius 2 is 1.15 bits per heavy atom. The zero-order valence-corrected chi connectivity index (χ0v) is 25.9. The van der Waals surface area contributed by atoms with E-state index in [4.69, 9.17) is 0 Å². The Balaban J connectivity index is 1.02. The lowest BCUT2D eigenvalue weighted by Crippen LogP contribution is -2.12. The number of phenols is 1. The van der Waals surface area contributed by atoms with Gasteiger partial charge in [0, 0.05) is 45.1 Å². The second kappa shape index (κ2) is 12.3. The number of hydrogen-bond acceptors (Lipinski definition) is 3. The van der Waals surface area contributed by atoms with Gasteiger partial charge in [-0.05, 0) is 98.5 Å². The van der Waals surface area contributed by atoms with E-state index in [1.165, 1.54) is 22.3 Å². The number of carbonyl (C=O) groups excluding carboxylic acids is 1. The van der Waals surface area contributed by atoms with Crippen molar-refractivity contribution in [3.05, 3.63) is 161 Å². The van der Waals surface area contributed by atoms with Crippen molar-refractivity contribution < 1.29 is 9.90 Å². The van der Waals surface area contributed by atoms with Crippen molar-refractivity contribution in [2.24, 2.45) is 0 Å². The van der Waals surface area contributed by atoms with Gasteiger partial charge < -0.3 is 20.3 Å². The van der Waals surface area contributed by atoms with Crippen LogP contribution in [0.3, 0.4) is 0 Å². The number of aromatic amines is 1. The number of amides is 1. The predicted molar refractivity (Wildman–Crippen MR) is 190 cm³/mol. The summed E-state index contributed by atoms with van der Waals surface area (Å²) in [7, 11) is 0. The van der Waals surface area contributed by atoms with Gasteiger partial charge in [0.15, 0.2) is 0 Å². The number of nitrogens with zero attached hydrogens (tertiary/aromatic N) is 1. The van der Waals surface area contributed by atoms with Gasteiger partial charge >= 0.3 is 0 Å². The molecule has 6 aromatic carbocycles. The highest BCUT2D eigenvalue weighted by Crippen LogP contribution is 2.35. The molecule has 7 rings (SSSR count). The van der Waals surface area contributed by atoms with E-state index >= 15 is 0 Å². The standard InChI is InChI=1S/C41H35N3O2/c1-27-7-19-32(20-8-27)44(33-21-9-28(2)10-22-33)34-23-15-30(16-24-34)12-11-29-13-17-31(18-14-29)42-41(46)37-25-36-35-5-3-4-6-38(35)43-39(36)26-40(37)45/h3-10,13-26,43,45H,11-12H2,1-2H3,(H,42,46). The van der Waals surface area contributed by atoms with Crippen molar-refractivity contribution in [3.8, 4) is 5.75 Å². The largest absolute Gasteiger partial charge is 0.507 e. The lowest BCUT2D eigenvalue weighted by atomic mass is 10.0. The maximum Gasteiger partial charge on any atom is 0.259 e. The molecule has 5 heteroatoms. The first kappa shape index (κ1) is 28.9. The Bertz CT molecular complexity index is 2100. The van der Waals surface area contributed by atoms with Gasteiger partial charge in [0.05, 0.1) is 11.1 Å². The topological polar surface area (TPSA) is 68.4 Å². The zero-order chi connectivity index (χ0) is 31.6. The van der Waals surface area contributed by atoms with Crippen LogP contribution in [0.25, 0.3) is 21.8 Å². The molecular formula is C41H35N3O2. The third-order valence-electron chi connectivity index (χ3n) is 8.56. The summed E-state index contributed by atoms with van der Waals surface area (Å²) < 4.78 is 0. The van der Waals surface area contributed by atoms with Crippen LogP contribution in [0, 0.1) is 13.8 Å². The summed E-state index contributed by atoms with van der Waals surface area (Å²) in [6.45, 7) is 4.22. The van der Waals surface area contributed by atoms with Crippen LogP contribution < -0.4 is 10.2 Å². The fourth-order valence-electron chi connectivity index (χ4n) is 5.96. The summed E-state index contributed by atoms with van der Waals surface area (Å²) in [6, 6.07) is 45.2. The minimum atomic E-state index is -0.345. The molecule has 0 bridgehead atoms. The van der Waals surface area contributed by atoms with Gasteiger partial charge in [-0.1, -0.05) is 77.9 Å². The van der Waals surface area contributed by atoms with Crippen LogP contribution in [0.5, 0.6) is 5.75 Å². The molecule has 7 aromatic rings. The van der Waals surface area contributed by atoms with Crippen LogP contribution in [0.2, 0.25) is 0 Å². The van der Waals surface area contributed by atoms with Crippen molar-refractivity contribution in [3.63, 3.8) is 0 Å². The summed E-state index contributed by atoms with van der Waals surface area (Å²) in [5, 5.41) is 15.5. The molecule has 1 aromatic heterocycles. The monoisotopic (exact) mass is 601 g/mol. The number of phenolic OH excluding ortho intramolecular Hbond substituents is 1. The second-order valence-corrected chi connectivity index (χ2v) is 11.9. The number of benzene rings is 6. The second-order valence-electron chi connectivity index (χ2n) is 11.9. The molecule has 0 aliphatic carbocycles. The molecule has 46 heavy (non-hydrogen) atoms. The highest BCUT2D eigenvalue weighted by molar-refractivity contribution is 6.13. The fraction of sp³-hybridized carbons (Fsp3) is 0.0976. The first-order valence-corrected chi connectivity index (χ1v) is 15.6. The van der Waals surface area contributed by atoms with Gasteiger partial charge in [-0.3, -0.25) is 4.79 Å². The van der Waals surface area contributed by atoms with E-state index in [2.05, 4.69) is 102 Å². The van der Waals surface area contributed by atoms with E-state index in [0.29, 0.717) is 5.69 Å². The molecule has 3 N–H and O–H groups in total. The smallest absolute Gasteiger partial charge is 0.259 e. The molecular weight excluding hydrogens is 566 g/mol. The van der Waals surface area contributed by atoms with Crippen LogP contribution >= 0.6 is 0 Å². The number of hydrogen-bond donors (Lipinski definition) is 3. The molecule has 0 fully saturated rings. The average Bonchev–Trinajstić information content (AvgIpc) is 3.43. The van der Waals surface area contributed by atoms with E-state index in [1.807, 2.05) is 48.5 Å². The number of para-hydroxylation sites is 1. The maximum absolute atomic E-state index is 13.1. The number of anilines is 4. The van der Waals surface area contributed by atoms with Crippen LogP contribution in [0.15, 0.2) is 133 Å². The molecule has 1 heterocycles. The summed E-state index contributed by atoms with van der Waals surface area (Å²) in [5.74, 6) is -0.400. The van der Waals surface area contributed by atoms with E-state index < -0.39 is 0 Å². The summed E-state index contributed by atoms with van der Waals surface area (Å²) in [4.78, 5) is 18.7. The van der Waals surface area contributed by atoms with Crippen LogP contribution in [0.1, 0.15) is 32.6 Å². The predicted octanol–water partition coefficient (Wildman–Crippen LogP) is 10.2.